The quantitative estimate of drug-likeness (QED) is 0.596. The smallest absolute Gasteiger partial charge is 0.255 e. The topological polar surface area (TPSA) is 77.9 Å². The van der Waals surface area contributed by atoms with E-state index in [1.807, 2.05) is 12.1 Å². The maximum atomic E-state index is 12.4. The van der Waals surface area contributed by atoms with Crippen LogP contribution in [0.1, 0.15) is 30.6 Å². The molecule has 1 aliphatic rings. The van der Waals surface area contributed by atoms with E-state index in [4.69, 9.17) is 16.3 Å². The largest absolute Gasteiger partial charge is 0.389 e. The molecule has 2 heterocycles. The third-order valence-corrected chi connectivity index (χ3v) is 5.51. The molecule has 1 amide bonds. The monoisotopic (exact) mass is 460 g/mol. The summed E-state index contributed by atoms with van der Waals surface area (Å²) in [5, 5.41) is 13.7. The number of benzene rings is 1. The highest BCUT2D eigenvalue weighted by Gasteiger charge is 2.18. The first-order chi connectivity index (χ1) is 15.4. The molecule has 1 unspecified atom stereocenters. The molecule has 1 saturated heterocycles. The highest BCUT2D eigenvalue weighted by atomic mass is 35.5. The lowest BCUT2D eigenvalue weighted by atomic mass is 10.2. The van der Waals surface area contributed by atoms with Gasteiger partial charge in [-0.15, -0.1) is 0 Å². The molecule has 0 saturated carbocycles. The van der Waals surface area contributed by atoms with Crippen molar-refractivity contribution < 1.29 is 14.6 Å². The Morgan fingerprint density at radius 3 is 2.59 bits per heavy atom. The lowest BCUT2D eigenvalue weighted by molar-refractivity contribution is 0.00917. The fraction of sp³-hybridized carbons (Fsp3) is 0.500. The molecule has 1 atom stereocenters. The van der Waals surface area contributed by atoms with Gasteiger partial charge in [-0.25, -0.2) is 4.98 Å². The van der Waals surface area contributed by atoms with Gasteiger partial charge < -0.3 is 20.1 Å². The van der Waals surface area contributed by atoms with Crippen molar-refractivity contribution in [1.82, 2.24) is 9.88 Å². The minimum Gasteiger partial charge on any atom is -0.389 e. The van der Waals surface area contributed by atoms with Crippen LogP contribution in [0.2, 0.25) is 5.02 Å². The molecule has 3 rings (SSSR count). The Hall–Kier alpha value is -2.19. The summed E-state index contributed by atoms with van der Waals surface area (Å²) in [5.41, 5.74) is 1.19. The van der Waals surface area contributed by atoms with E-state index >= 15 is 0 Å². The van der Waals surface area contributed by atoms with Crippen LogP contribution in [0.15, 0.2) is 42.6 Å². The van der Waals surface area contributed by atoms with Crippen LogP contribution in [0.4, 0.5) is 11.5 Å². The van der Waals surface area contributed by atoms with Gasteiger partial charge in [-0.3, -0.25) is 9.69 Å². The van der Waals surface area contributed by atoms with Crippen molar-refractivity contribution in [2.75, 3.05) is 56.2 Å². The predicted molar refractivity (Wildman–Crippen MR) is 129 cm³/mol. The summed E-state index contributed by atoms with van der Waals surface area (Å²) >= 11 is 5.88. The van der Waals surface area contributed by atoms with E-state index in [1.165, 1.54) is 0 Å². The van der Waals surface area contributed by atoms with Crippen LogP contribution in [-0.4, -0.2) is 72.9 Å². The highest BCUT2D eigenvalue weighted by Crippen LogP contribution is 2.18. The number of hydrogen-bond donors (Lipinski definition) is 2. The predicted octanol–water partition coefficient (Wildman–Crippen LogP) is 3.53. The van der Waals surface area contributed by atoms with Crippen LogP contribution in [0, 0.1) is 5.92 Å². The number of carbonyl (C=O) groups excluding carboxylic acids is 1. The normalized spacial score (nSPS) is 16.1. The Labute approximate surface area is 195 Å². The minimum atomic E-state index is -0.470. The number of nitrogens with zero attached hydrogens (tertiary/aromatic N) is 3. The zero-order chi connectivity index (χ0) is 22.9. The molecule has 1 aliphatic heterocycles. The summed E-state index contributed by atoms with van der Waals surface area (Å²) in [6, 6.07) is 10.6. The molecule has 0 spiro atoms. The molecule has 0 aliphatic carbocycles. The summed E-state index contributed by atoms with van der Waals surface area (Å²) in [4.78, 5) is 21.4. The number of rotatable bonds is 9. The summed E-state index contributed by atoms with van der Waals surface area (Å²) in [6.45, 7) is 9.41. The third kappa shape index (κ3) is 7.74. The fourth-order valence-electron chi connectivity index (χ4n) is 3.62. The van der Waals surface area contributed by atoms with Crippen LogP contribution in [0.5, 0.6) is 0 Å². The van der Waals surface area contributed by atoms with Gasteiger partial charge in [-0.2, -0.15) is 0 Å². The van der Waals surface area contributed by atoms with Crippen LogP contribution in [0.3, 0.4) is 0 Å². The Kier molecular flexibility index (Phi) is 9.29. The number of anilines is 2. The van der Waals surface area contributed by atoms with Crippen LogP contribution in [0.25, 0.3) is 0 Å². The van der Waals surface area contributed by atoms with Crippen LogP contribution >= 0.6 is 11.6 Å². The number of aromatic nitrogens is 1. The van der Waals surface area contributed by atoms with E-state index in [1.54, 1.807) is 30.5 Å². The maximum Gasteiger partial charge on any atom is 0.255 e. The molecule has 0 bridgehead atoms. The van der Waals surface area contributed by atoms with Gasteiger partial charge in [-0.05, 0) is 55.3 Å². The van der Waals surface area contributed by atoms with E-state index in [0.29, 0.717) is 41.9 Å². The van der Waals surface area contributed by atoms with Gasteiger partial charge in [0.25, 0.3) is 5.91 Å². The lowest BCUT2D eigenvalue weighted by Gasteiger charge is -2.24. The number of nitrogens with one attached hydrogen (secondary N) is 1. The van der Waals surface area contributed by atoms with Gasteiger partial charge in [0, 0.05) is 43.4 Å². The molecule has 0 radical (unpaired) electrons. The molecule has 7 nitrogen and oxygen atoms in total. The van der Waals surface area contributed by atoms with Crippen molar-refractivity contribution in [1.29, 1.82) is 0 Å². The first-order valence-corrected chi connectivity index (χ1v) is 11.5. The van der Waals surface area contributed by atoms with Crippen molar-refractivity contribution in [3.63, 3.8) is 0 Å². The Bertz CT molecular complexity index is 845. The van der Waals surface area contributed by atoms with E-state index in [0.717, 1.165) is 38.4 Å². The first kappa shape index (κ1) is 24.5. The second kappa shape index (κ2) is 12.2. The van der Waals surface area contributed by atoms with Crippen molar-refractivity contribution in [2.24, 2.45) is 5.92 Å². The number of aliphatic hydroxyl groups excluding tert-OH is 1. The van der Waals surface area contributed by atoms with Gasteiger partial charge in [-0.1, -0.05) is 25.4 Å². The van der Waals surface area contributed by atoms with Crippen molar-refractivity contribution in [3.05, 3.63) is 53.2 Å². The summed E-state index contributed by atoms with van der Waals surface area (Å²) in [5.74, 6) is 1.16. The molecule has 2 aromatic rings. The van der Waals surface area contributed by atoms with E-state index in [2.05, 4.69) is 33.9 Å². The van der Waals surface area contributed by atoms with Gasteiger partial charge >= 0.3 is 0 Å². The zero-order valence-corrected chi connectivity index (χ0v) is 19.6. The number of β-amino-alcohol motifs (C(OH)–C–C–N with tert-alkyl or cyclic N) is 1. The first-order valence-electron chi connectivity index (χ1n) is 11.2. The fourth-order valence-corrected chi connectivity index (χ4v) is 3.75. The molecular formula is C24H33ClN4O3. The van der Waals surface area contributed by atoms with E-state index < -0.39 is 6.10 Å². The molecule has 2 N–H and O–H groups in total. The second-order valence-corrected chi connectivity index (χ2v) is 9.03. The molecular weight excluding hydrogens is 428 g/mol. The average Bonchev–Trinajstić information content (AvgIpc) is 3.00. The number of halogens is 1. The second-order valence-electron chi connectivity index (χ2n) is 8.59. The number of hydrogen-bond acceptors (Lipinski definition) is 6. The van der Waals surface area contributed by atoms with Crippen molar-refractivity contribution >= 4 is 29.0 Å². The van der Waals surface area contributed by atoms with Gasteiger partial charge in [0.05, 0.1) is 24.6 Å². The van der Waals surface area contributed by atoms with Crippen molar-refractivity contribution in [2.45, 2.75) is 26.4 Å². The van der Waals surface area contributed by atoms with Crippen LogP contribution in [-0.2, 0) is 4.74 Å². The zero-order valence-electron chi connectivity index (χ0n) is 18.8. The number of carbonyl (C=O) groups is 1. The Morgan fingerprint density at radius 2 is 1.91 bits per heavy atom. The Morgan fingerprint density at radius 1 is 1.12 bits per heavy atom. The summed E-state index contributed by atoms with van der Waals surface area (Å²) < 4.78 is 5.56. The Balaban J connectivity index is 1.47. The highest BCUT2D eigenvalue weighted by molar-refractivity contribution is 6.30. The summed E-state index contributed by atoms with van der Waals surface area (Å²) in [6.07, 6.45) is 2.21. The van der Waals surface area contributed by atoms with Gasteiger partial charge in [0.1, 0.15) is 5.82 Å². The number of pyridine rings is 1. The molecule has 1 aromatic carbocycles. The molecule has 1 fully saturated rings. The maximum absolute atomic E-state index is 12.4. The van der Waals surface area contributed by atoms with Crippen molar-refractivity contribution in [3.8, 4) is 0 Å². The molecule has 32 heavy (non-hydrogen) atoms. The minimum absolute atomic E-state index is 0.197. The van der Waals surface area contributed by atoms with E-state index in [9.17, 15) is 9.90 Å². The van der Waals surface area contributed by atoms with E-state index in [-0.39, 0.29) is 5.91 Å². The lowest BCUT2D eigenvalue weighted by Crippen LogP contribution is -2.38. The average molecular weight is 461 g/mol. The standard InChI is InChI=1S/C24H33ClN4O3/c1-18(2)16-32-17-22(30)15-28-10-3-11-29(13-12-28)23-9-8-21(14-26-23)27-24(31)19-4-6-20(25)7-5-19/h4-9,14,18,22,30H,3,10-13,15-17H2,1-2H3,(H,27,31). The van der Waals surface area contributed by atoms with Crippen LogP contribution < -0.4 is 10.2 Å². The van der Waals surface area contributed by atoms with Gasteiger partial charge in [0.2, 0.25) is 0 Å². The SMILES string of the molecule is CC(C)COCC(O)CN1CCCN(c2ccc(NC(=O)c3ccc(Cl)cc3)cn2)CC1. The molecule has 8 heteroatoms. The number of ether oxygens (including phenoxy) is 1. The number of amides is 1. The van der Waals surface area contributed by atoms with Gasteiger partial charge in [0.15, 0.2) is 0 Å². The summed E-state index contributed by atoms with van der Waals surface area (Å²) in [7, 11) is 0. The molecule has 174 valence electrons. The third-order valence-electron chi connectivity index (χ3n) is 5.26. The molecule has 1 aromatic heterocycles. The number of aliphatic hydroxyl groups is 1.